The summed E-state index contributed by atoms with van der Waals surface area (Å²) in [5, 5.41) is 8.83. The average molecular weight is 267 g/mol. The van der Waals surface area contributed by atoms with E-state index in [9.17, 15) is 0 Å². The van der Waals surface area contributed by atoms with Gasteiger partial charge in [-0.05, 0) is 6.07 Å². The molecular formula is C15H17N5. The van der Waals surface area contributed by atoms with Crippen molar-refractivity contribution < 1.29 is 0 Å². The van der Waals surface area contributed by atoms with E-state index in [0.29, 0.717) is 12.6 Å². The van der Waals surface area contributed by atoms with Gasteiger partial charge in [-0.25, -0.2) is 9.67 Å². The minimum Gasteiger partial charge on any atom is -0.309 e. The van der Waals surface area contributed by atoms with Crippen LogP contribution < -0.4 is 5.32 Å². The fourth-order valence-electron chi connectivity index (χ4n) is 2.05. The van der Waals surface area contributed by atoms with Crippen molar-refractivity contribution >= 4 is 10.9 Å². The normalized spacial score (nSPS) is 11.3. The molecule has 1 aromatic carbocycles. The topological polar surface area (TPSA) is 55.6 Å². The van der Waals surface area contributed by atoms with Gasteiger partial charge in [-0.2, -0.15) is 5.10 Å². The predicted octanol–water partition coefficient (Wildman–Crippen LogP) is 2.31. The van der Waals surface area contributed by atoms with Gasteiger partial charge in [0.05, 0.1) is 23.6 Å². The number of hydrogen-bond acceptors (Lipinski definition) is 4. The quantitative estimate of drug-likeness (QED) is 0.788. The molecule has 0 saturated carbocycles. The van der Waals surface area contributed by atoms with Crippen LogP contribution in [-0.4, -0.2) is 25.8 Å². The molecule has 2 heterocycles. The Kier molecular flexibility index (Phi) is 3.43. The van der Waals surface area contributed by atoms with E-state index in [1.54, 1.807) is 12.4 Å². The van der Waals surface area contributed by atoms with Crippen LogP contribution in [0.4, 0.5) is 0 Å². The van der Waals surface area contributed by atoms with Crippen LogP contribution in [0.25, 0.3) is 16.7 Å². The molecule has 0 aliphatic heterocycles. The summed E-state index contributed by atoms with van der Waals surface area (Å²) in [6, 6.07) is 8.49. The van der Waals surface area contributed by atoms with Gasteiger partial charge in [0.1, 0.15) is 0 Å². The zero-order valence-electron chi connectivity index (χ0n) is 11.6. The van der Waals surface area contributed by atoms with Crippen molar-refractivity contribution in [3.8, 4) is 5.82 Å². The lowest BCUT2D eigenvalue weighted by atomic mass is 10.2. The van der Waals surface area contributed by atoms with Crippen molar-refractivity contribution in [3.05, 3.63) is 48.5 Å². The van der Waals surface area contributed by atoms with Crippen molar-refractivity contribution in [2.45, 2.75) is 26.4 Å². The Bertz CT molecular complexity index is 717. The van der Waals surface area contributed by atoms with E-state index >= 15 is 0 Å². The van der Waals surface area contributed by atoms with E-state index in [-0.39, 0.29) is 0 Å². The molecule has 0 radical (unpaired) electrons. The number of benzene rings is 1. The van der Waals surface area contributed by atoms with Gasteiger partial charge in [0.2, 0.25) is 0 Å². The minimum atomic E-state index is 0.422. The Labute approximate surface area is 117 Å². The average Bonchev–Trinajstić information content (AvgIpc) is 2.89. The van der Waals surface area contributed by atoms with Crippen molar-refractivity contribution in [3.63, 3.8) is 0 Å². The zero-order valence-corrected chi connectivity index (χ0v) is 11.6. The van der Waals surface area contributed by atoms with Gasteiger partial charge in [0, 0.05) is 24.2 Å². The summed E-state index contributed by atoms with van der Waals surface area (Å²) in [5.41, 5.74) is 1.95. The molecule has 0 aliphatic carbocycles. The summed E-state index contributed by atoms with van der Waals surface area (Å²) < 4.78 is 1.82. The lowest BCUT2D eigenvalue weighted by Gasteiger charge is -2.08. The molecule has 1 N–H and O–H groups in total. The number of hydrogen-bond donors (Lipinski definition) is 1. The first-order valence-electron chi connectivity index (χ1n) is 6.71. The van der Waals surface area contributed by atoms with E-state index in [2.05, 4.69) is 34.2 Å². The molecule has 0 unspecified atom stereocenters. The second kappa shape index (κ2) is 5.38. The van der Waals surface area contributed by atoms with Crippen LogP contribution in [0, 0.1) is 0 Å². The number of rotatable bonds is 4. The van der Waals surface area contributed by atoms with Gasteiger partial charge in [0.15, 0.2) is 5.82 Å². The van der Waals surface area contributed by atoms with Crippen molar-refractivity contribution in [1.29, 1.82) is 0 Å². The lowest BCUT2D eigenvalue weighted by Crippen LogP contribution is -2.22. The third-order valence-corrected chi connectivity index (χ3v) is 3.06. The molecular weight excluding hydrogens is 250 g/mol. The van der Waals surface area contributed by atoms with Gasteiger partial charge in [-0.3, -0.25) is 4.98 Å². The molecule has 0 spiro atoms. The number of aromatic nitrogens is 4. The molecule has 0 atom stereocenters. The maximum Gasteiger partial charge on any atom is 0.172 e. The number of nitrogens with zero attached hydrogens (tertiary/aromatic N) is 4. The van der Waals surface area contributed by atoms with Crippen LogP contribution >= 0.6 is 0 Å². The van der Waals surface area contributed by atoms with Crippen molar-refractivity contribution in [1.82, 2.24) is 25.1 Å². The highest BCUT2D eigenvalue weighted by atomic mass is 15.3. The Balaban J connectivity index is 1.95. The van der Waals surface area contributed by atoms with Crippen LogP contribution in [0.1, 0.15) is 19.5 Å². The second-order valence-electron chi connectivity index (χ2n) is 5.02. The fourth-order valence-corrected chi connectivity index (χ4v) is 2.05. The molecule has 2 aromatic heterocycles. The summed E-state index contributed by atoms with van der Waals surface area (Å²) >= 11 is 0. The highest BCUT2D eigenvalue weighted by Crippen LogP contribution is 2.16. The smallest absolute Gasteiger partial charge is 0.172 e. The highest BCUT2D eigenvalue weighted by molar-refractivity contribution is 5.79. The molecule has 0 aliphatic rings. The Morgan fingerprint density at radius 1 is 1.15 bits per heavy atom. The Morgan fingerprint density at radius 3 is 2.85 bits per heavy atom. The van der Waals surface area contributed by atoms with Crippen LogP contribution in [0.3, 0.4) is 0 Å². The maximum atomic E-state index is 4.61. The van der Waals surface area contributed by atoms with E-state index < -0.39 is 0 Å². The van der Waals surface area contributed by atoms with Crippen LogP contribution in [-0.2, 0) is 6.54 Å². The molecule has 0 bridgehead atoms. The van der Waals surface area contributed by atoms with Gasteiger partial charge < -0.3 is 5.32 Å². The van der Waals surface area contributed by atoms with Crippen molar-refractivity contribution in [2.75, 3.05) is 0 Å². The third kappa shape index (κ3) is 2.53. The minimum absolute atomic E-state index is 0.422. The van der Waals surface area contributed by atoms with E-state index in [4.69, 9.17) is 0 Å². The van der Waals surface area contributed by atoms with Crippen LogP contribution in [0.2, 0.25) is 0 Å². The largest absolute Gasteiger partial charge is 0.309 e. The molecule has 0 fully saturated rings. The van der Waals surface area contributed by atoms with E-state index in [1.165, 1.54) is 0 Å². The number of nitrogens with one attached hydrogen (secondary N) is 1. The SMILES string of the molecule is CC(C)NCc1cncc(-n2ncc3ccccc32)n1. The van der Waals surface area contributed by atoms with E-state index in [1.807, 2.05) is 35.1 Å². The van der Waals surface area contributed by atoms with Gasteiger partial charge in [0.25, 0.3) is 0 Å². The number of para-hydroxylation sites is 1. The van der Waals surface area contributed by atoms with Crippen molar-refractivity contribution in [2.24, 2.45) is 0 Å². The summed E-state index contributed by atoms with van der Waals surface area (Å²) in [7, 11) is 0. The van der Waals surface area contributed by atoms with Gasteiger partial charge in [-0.15, -0.1) is 0 Å². The predicted molar refractivity (Wildman–Crippen MR) is 78.6 cm³/mol. The van der Waals surface area contributed by atoms with E-state index in [0.717, 1.165) is 22.4 Å². The molecule has 5 nitrogen and oxygen atoms in total. The van der Waals surface area contributed by atoms with Gasteiger partial charge in [-0.1, -0.05) is 32.0 Å². The third-order valence-electron chi connectivity index (χ3n) is 3.06. The molecule has 0 amide bonds. The summed E-state index contributed by atoms with van der Waals surface area (Å²) in [4.78, 5) is 8.87. The lowest BCUT2D eigenvalue weighted by molar-refractivity contribution is 0.579. The highest BCUT2D eigenvalue weighted by Gasteiger charge is 2.07. The molecule has 3 aromatic rings. The summed E-state index contributed by atoms with van der Waals surface area (Å²) in [6.45, 7) is 4.92. The molecule has 5 heteroatoms. The monoisotopic (exact) mass is 267 g/mol. The summed E-state index contributed by atoms with van der Waals surface area (Å²) in [5.74, 6) is 0.745. The maximum absolute atomic E-state index is 4.61. The summed E-state index contributed by atoms with van der Waals surface area (Å²) in [6.07, 6.45) is 5.36. The number of fused-ring (bicyclic) bond motifs is 1. The molecule has 20 heavy (non-hydrogen) atoms. The standard InChI is InChI=1S/C15H17N5/c1-11(2)17-9-13-8-16-10-15(19-13)20-14-6-4-3-5-12(14)7-18-20/h3-8,10-11,17H,9H2,1-2H3. The first kappa shape index (κ1) is 12.7. The van der Waals surface area contributed by atoms with Crippen LogP contribution in [0.5, 0.6) is 0 Å². The zero-order chi connectivity index (χ0) is 13.9. The Morgan fingerprint density at radius 2 is 2.00 bits per heavy atom. The molecule has 3 rings (SSSR count). The molecule has 102 valence electrons. The van der Waals surface area contributed by atoms with Crippen LogP contribution in [0.15, 0.2) is 42.9 Å². The first-order valence-corrected chi connectivity index (χ1v) is 6.71. The Hall–Kier alpha value is -2.27. The van der Waals surface area contributed by atoms with Gasteiger partial charge >= 0.3 is 0 Å². The molecule has 0 saturated heterocycles. The fraction of sp³-hybridized carbons (Fsp3) is 0.267. The second-order valence-corrected chi connectivity index (χ2v) is 5.02. The first-order chi connectivity index (χ1) is 9.74.